The third-order valence-corrected chi connectivity index (χ3v) is 2.99. The van der Waals surface area contributed by atoms with Gasteiger partial charge in [-0.25, -0.2) is 0 Å². The minimum absolute atomic E-state index is 0.0894. The second kappa shape index (κ2) is 8.08. The Morgan fingerprint density at radius 1 is 1.39 bits per heavy atom. The van der Waals surface area contributed by atoms with Gasteiger partial charge in [0.1, 0.15) is 5.38 Å². The second-order valence-corrected chi connectivity index (χ2v) is 4.25. The van der Waals surface area contributed by atoms with Crippen molar-refractivity contribution in [1.29, 1.82) is 0 Å². The zero-order valence-electron chi connectivity index (χ0n) is 10.4. The van der Waals surface area contributed by atoms with E-state index in [0.29, 0.717) is 13.2 Å². The van der Waals surface area contributed by atoms with E-state index in [1.165, 1.54) is 4.90 Å². The molecule has 1 unspecified atom stereocenters. The number of ether oxygens (including phenoxy) is 1. The van der Waals surface area contributed by atoms with Crippen molar-refractivity contribution in [1.82, 2.24) is 4.90 Å². The van der Waals surface area contributed by atoms with Crippen molar-refractivity contribution in [3.05, 3.63) is 35.9 Å². The minimum atomic E-state index is -0.727. The molecular weight excluding hydrogens is 254 g/mol. The predicted molar refractivity (Wildman–Crippen MR) is 70.6 cm³/mol. The highest BCUT2D eigenvalue weighted by Crippen LogP contribution is 2.22. The van der Waals surface area contributed by atoms with Gasteiger partial charge in [0.05, 0.1) is 13.2 Å². The molecular formula is C13H18ClNO3. The third kappa shape index (κ3) is 4.29. The van der Waals surface area contributed by atoms with Gasteiger partial charge >= 0.3 is 0 Å². The third-order valence-electron chi connectivity index (χ3n) is 2.56. The molecule has 0 aliphatic rings. The molecule has 0 heterocycles. The van der Waals surface area contributed by atoms with Gasteiger partial charge in [0, 0.05) is 20.2 Å². The summed E-state index contributed by atoms with van der Waals surface area (Å²) in [5, 5.41) is 8.23. The number of halogens is 1. The lowest BCUT2D eigenvalue weighted by molar-refractivity contribution is -0.132. The first-order valence-electron chi connectivity index (χ1n) is 5.78. The average Bonchev–Trinajstić information content (AvgIpc) is 2.43. The van der Waals surface area contributed by atoms with Crippen molar-refractivity contribution < 1.29 is 14.6 Å². The molecule has 0 aromatic heterocycles. The van der Waals surface area contributed by atoms with E-state index in [-0.39, 0.29) is 19.1 Å². The van der Waals surface area contributed by atoms with Crippen LogP contribution in [0.4, 0.5) is 0 Å². The number of amides is 1. The Bertz CT molecular complexity index is 359. The first-order valence-corrected chi connectivity index (χ1v) is 6.22. The fourth-order valence-corrected chi connectivity index (χ4v) is 1.86. The number of benzene rings is 1. The van der Waals surface area contributed by atoms with Gasteiger partial charge in [0.25, 0.3) is 0 Å². The predicted octanol–water partition coefficient (Wildman–Crippen LogP) is 1.43. The zero-order valence-corrected chi connectivity index (χ0v) is 11.1. The summed E-state index contributed by atoms with van der Waals surface area (Å²) >= 11 is 6.15. The van der Waals surface area contributed by atoms with Crippen molar-refractivity contribution in [2.75, 3.05) is 33.4 Å². The van der Waals surface area contributed by atoms with Gasteiger partial charge in [-0.2, -0.15) is 0 Å². The van der Waals surface area contributed by atoms with E-state index in [1.807, 2.05) is 30.3 Å². The van der Waals surface area contributed by atoms with E-state index < -0.39 is 5.38 Å². The summed E-state index contributed by atoms with van der Waals surface area (Å²) in [7, 11) is 1.57. The largest absolute Gasteiger partial charge is 0.395 e. The Morgan fingerprint density at radius 3 is 2.61 bits per heavy atom. The number of rotatable bonds is 7. The van der Waals surface area contributed by atoms with Crippen molar-refractivity contribution in [2.45, 2.75) is 5.38 Å². The maximum absolute atomic E-state index is 12.2. The van der Waals surface area contributed by atoms with Gasteiger partial charge in [-0.3, -0.25) is 4.79 Å². The van der Waals surface area contributed by atoms with E-state index in [4.69, 9.17) is 21.4 Å². The molecule has 18 heavy (non-hydrogen) atoms. The van der Waals surface area contributed by atoms with Crippen LogP contribution in [0.1, 0.15) is 10.9 Å². The molecule has 5 heteroatoms. The van der Waals surface area contributed by atoms with Crippen LogP contribution in [-0.2, 0) is 9.53 Å². The van der Waals surface area contributed by atoms with Crippen molar-refractivity contribution >= 4 is 17.5 Å². The van der Waals surface area contributed by atoms with Crippen LogP contribution in [0.3, 0.4) is 0 Å². The molecule has 0 bridgehead atoms. The topological polar surface area (TPSA) is 49.8 Å². The van der Waals surface area contributed by atoms with Crippen molar-refractivity contribution in [3.63, 3.8) is 0 Å². The Morgan fingerprint density at radius 2 is 2.06 bits per heavy atom. The molecule has 0 spiro atoms. The fraction of sp³-hybridized carbons (Fsp3) is 0.462. The van der Waals surface area contributed by atoms with Crippen molar-refractivity contribution in [2.24, 2.45) is 0 Å². The van der Waals surface area contributed by atoms with Crippen LogP contribution in [0, 0.1) is 0 Å². The Kier molecular flexibility index (Phi) is 6.72. The number of nitrogens with zero attached hydrogens (tertiary/aromatic N) is 1. The van der Waals surface area contributed by atoms with E-state index >= 15 is 0 Å². The molecule has 0 aliphatic heterocycles. The average molecular weight is 272 g/mol. The van der Waals surface area contributed by atoms with Crippen LogP contribution >= 0.6 is 11.6 Å². The number of carbonyl (C=O) groups is 1. The summed E-state index contributed by atoms with van der Waals surface area (Å²) in [4.78, 5) is 13.7. The Balaban J connectivity index is 2.69. The molecule has 100 valence electrons. The number of alkyl halides is 1. The minimum Gasteiger partial charge on any atom is -0.395 e. The quantitative estimate of drug-likeness (QED) is 0.764. The molecule has 1 aromatic carbocycles. The molecule has 0 saturated carbocycles. The fourth-order valence-electron chi connectivity index (χ4n) is 1.58. The van der Waals surface area contributed by atoms with Gasteiger partial charge in [-0.1, -0.05) is 30.3 Å². The highest BCUT2D eigenvalue weighted by molar-refractivity contribution is 6.30. The molecule has 0 radical (unpaired) electrons. The zero-order chi connectivity index (χ0) is 13.4. The molecule has 1 aromatic rings. The summed E-state index contributed by atoms with van der Waals surface area (Å²) in [5.74, 6) is -0.214. The van der Waals surface area contributed by atoms with Crippen LogP contribution in [-0.4, -0.2) is 49.3 Å². The first kappa shape index (κ1) is 15.0. The molecule has 0 aliphatic carbocycles. The number of methoxy groups -OCH3 is 1. The van der Waals surface area contributed by atoms with Gasteiger partial charge in [-0.05, 0) is 5.56 Å². The van der Waals surface area contributed by atoms with Crippen LogP contribution in [0.2, 0.25) is 0 Å². The van der Waals surface area contributed by atoms with Gasteiger partial charge < -0.3 is 14.7 Å². The normalized spacial score (nSPS) is 12.2. The summed E-state index contributed by atoms with van der Waals surface area (Å²) in [6.45, 7) is 1.02. The second-order valence-electron chi connectivity index (χ2n) is 3.81. The number of aliphatic hydroxyl groups excluding tert-OH is 1. The summed E-state index contributed by atoms with van der Waals surface area (Å²) < 4.78 is 4.94. The monoisotopic (exact) mass is 271 g/mol. The Labute approximate surface area is 112 Å². The van der Waals surface area contributed by atoms with E-state index in [1.54, 1.807) is 7.11 Å². The summed E-state index contributed by atoms with van der Waals surface area (Å²) in [6.07, 6.45) is 0. The van der Waals surface area contributed by atoms with Gasteiger partial charge in [0.2, 0.25) is 5.91 Å². The van der Waals surface area contributed by atoms with E-state index in [2.05, 4.69) is 0 Å². The first-order chi connectivity index (χ1) is 8.70. The molecule has 0 fully saturated rings. The number of hydrogen-bond donors (Lipinski definition) is 1. The molecule has 1 amide bonds. The smallest absolute Gasteiger partial charge is 0.245 e. The summed E-state index contributed by atoms with van der Waals surface area (Å²) in [5.41, 5.74) is 0.754. The molecule has 1 rings (SSSR count). The van der Waals surface area contributed by atoms with Gasteiger partial charge in [0.15, 0.2) is 0 Å². The highest BCUT2D eigenvalue weighted by atomic mass is 35.5. The lowest BCUT2D eigenvalue weighted by Crippen LogP contribution is -2.38. The Hall–Kier alpha value is -1.10. The highest BCUT2D eigenvalue weighted by Gasteiger charge is 2.23. The molecule has 0 saturated heterocycles. The van der Waals surface area contributed by atoms with Crippen LogP contribution in [0.25, 0.3) is 0 Å². The van der Waals surface area contributed by atoms with Crippen molar-refractivity contribution in [3.8, 4) is 0 Å². The van der Waals surface area contributed by atoms with Gasteiger partial charge in [-0.15, -0.1) is 11.6 Å². The van der Waals surface area contributed by atoms with E-state index in [9.17, 15) is 4.79 Å². The molecule has 1 atom stereocenters. The number of hydrogen-bond acceptors (Lipinski definition) is 3. The standard InChI is InChI=1S/C13H18ClNO3/c1-18-10-8-15(7-9-16)13(17)12(14)11-5-3-2-4-6-11/h2-6,12,16H,7-10H2,1H3. The number of carbonyl (C=O) groups excluding carboxylic acids is 1. The lowest BCUT2D eigenvalue weighted by Gasteiger charge is -2.24. The van der Waals surface area contributed by atoms with E-state index in [0.717, 1.165) is 5.56 Å². The van der Waals surface area contributed by atoms with Crippen LogP contribution in [0.5, 0.6) is 0 Å². The maximum Gasteiger partial charge on any atom is 0.245 e. The number of aliphatic hydroxyl groups is 1. The summed E-state index contributed by atoms with van der Waals surface area (Å²) in [6, 6.07) is 9.16. The lowest BCUT2D eigenvalue weighted by atomic mass is 10.1. The van der Waals surface area contributed by atoms with Crippen LogP contribution < -0.4 is 0 Å². The maximum atomic E-state index is 12.2. The molecule has 1 N–H and O–H groups in total. The SMILES string of the molecule is COCCN(CCO)C(=O)C(Cl)c1ccccc1. The molecule has 4 nitrogen and oxygen atoms in total. The van der Waals surface area contributed by atoms with Crippen LogP contribution in [0.15, 0.2) is 30.3 Å².